The Morgan fingerprint density at radius 2 is 1.90 bits per heavy atom. The summed E-state index contributed by atoms with van der Waals surface area (Å²) in [5, 5.41) is 3.42. The molecule has 0 saturated heterocycles. The topological polar surface area (TPSA) is 41.0 Å². The SMILES string of the molecule is CCN(CC)C(CNc1ncncc1Br)c1ccccc1. The lowest BCUT2D eigenvalue weighted by atomic mass is 10.1. The fourth-order valence-electron chi connectivity index (χ4n) is 2.43. The molecule has 1 unspecified atom stereocenters. The number of hydrogen-bond acceptors (Lipinski definition) is 4. The maximum atomic E-state index is 4.27. The summed E-state index contributed by atoms with van der Waals surface area (Å²) in [4.78, 5) is 10.7. The molecule has 0 amide bonds. The molecule has 2 rings (SSSR count). The summed E-state index contributed by atoms with van der Waals surface area (Å²) >= 11 is 3.47. The largest absolute Gasteiger partial charge is 0.367 e. The molecule has 0 aliphatic rings. The number of nitrogens with one attached hydrogen (secondary N) is 1. The molecule has 1 heterocycles. The second-order valence-electron chi connectivity index (χ2n) is 4.75. The van der Waals surface area contributed by atoms with Gasteiger partial charge in [-0.05, 0) is 34.6 Å². The van der Waals surface area contributed by atoms with Crippen LogP contribution in [0.4, 0.5) is 5.82 Å². The Kier molecular flexibility index (Phi) is 6.14. The maximum absolute atomic E-state index is 4.27. The Morgan fingerprint density at radius 3 is 2.52 bits per heavy atom. The zero-order valence-electron chi connectivity index (χ0n) is 12.5. The van der Waals surface area contributed by atoms with Gasteiger partial charge in [-0.15, -0.1) is 0 Å². The van der Waals surface area contributed by atoms with Gasteiger partial charge in [-0.25, -0.2) is 9.97 Å². The summed E-state index contributed by atoms with van der Waals surface area (Å²) in [6.45, 7) is 7.23. The normalized spacial score (nSPS) is 12.4. The third kappa shape index (κ3) is 4.25. The van der Waals surface area contributed by atoms with E-state index in [0.29, 0.717) is 6.04 Å². The van der Waals surface area contributed by atoms with Crippen molar-refractivity contribution in [2.75, 3.05) is 25.0 Å². The summed E-state index contributed by atoms with van der Waals surface area (Å²) < 4.78 is 0.886. The number of rotatable bonds is 7. The molecule has 0 saturated carbocycles. The van der Waals surface area contributed by atoms with E-state index >= 15 is 0 Å². The zero-order chi connectivity index (χ0) is 15.1. The molecule has 0 aliphatic carbocycles. The van der Waals surface area contributed by atoms with E-state index in [1.807, 2.05) is 0 Å². The van der Waals surface area contributed by atoms with Gasteiger partial charge < -0.3 is 5.32 Å². The third-order valence-electron chi connectivity index (χ3n) is 3.57. The fraction of sp³-hybridized carbons (Fsp3) is 0.375. The number of anilines is 1. The van der Waals surface area contributed by atoms with Crippen molar-refractivity contribution in [2.24, 2.45) is 0 Å². The minimum Gasteiger partial charge on any atom is -0.367 e. The first kappa shape index (κ1) is 15.9. The van der Waals surface area contributed by atoms with Gasteiger partial charge in [0.05, 0.1) is 10.5 Å². The van der Waals surface area contributed by atoms with Crippen molar-refractivity contribution in [3.63, 3.8) is 0 Å². The smallest absolute Gasteiger partial charge is 0.143 e. The highest BCUT2D eigenvalue weighted by Crippen LogP contribution is 2.23. The number of hydrogen-bond donors (Lipinski definition) is 1. The Hall–Kier alpha value is -1.46. The standard InChI is InChI=1S/C16H21BrN4/c1-3-21(4-2)15(13-8-6-5-7-9-13)11-19-16-14(17)10-18-12-20-16/h5-10,12,15H,3-4,11H2,1-2H3,(H,18,19,20). The second kappa shape index (κ2) is 8.10. The van der Waals surface area contributed by atoms with Crippen LogP contribution in [0.1, 0.15) is 25.5 Å². The van der Waals surface area contributed by atoms with Gasteiger partial charge in [0.2, 0.25) is 0 Å². The van der Waals surface area contributed by atoms with Crippen LogP contribution < -0.4 is 5.32 Å². The van der Waals surface area contributed by atoms with E-state index < -0.39 is 0 Å². The molecule has 2 aromatic rings. The van der Waals surface area contributed by atoms with E-state index in [1.54, 1.807) is 12.5 Å². The van der Waals surface area contributed by atoms with E-state index in [0.717, 1.165) is 29.9 Å². The van der Waals surface area contributed by atoms with Gasteiger partial charge in [-0.3, -0.25) is 4.90 Å². The van der Waals surface area contributed by atoms with Crippen LogP contribution in [0.3, 0.4) is 0 Å². The fourth-order valence-corrected chi connectivity index (χ4v) is 2.79. The first-order valence-electron chi connectivity index (χ1n) is 7.24. The van der Waals surface area contributed by atoms with Gasteiger partial charge in [0.15, 0.2) is 0 Å². The van der Waals surface area contributed by atoms with E-state index in [1.165, 1.54) is 5.56 Å². The van der Waals surface area contributed by atoms with Crippen molar-refractivity contribution in [1.82, 2.24) is 14.9 Å². The van der Waals surface area contributed by atoms with Crippen molar-refractivity contribution < 1.29 is 0 Å². The summed E-state index contributed by atoms with van der Waals surface area (Å²) in [5.41, 5.74) is 1.32. The van der Waals surface area contributed by atoms with Gasteiger partial charge in [0.25, 0.3) is 0 Å². The molecule has 0 spiro atoms. The molecule has 0 fully saturated rings. The predicted octanol–water partition coefficient (Wildman–Crippen LogP) is 3.73. The van der Waals surface area contributed by atoms with Crippen molar-refractivity contribution in [3.8, 4) is 0 Å². The molecule has 0 radical (unpaired) electrons. The van der Waals surface area contributed by atoms with Crippen molar-refractivity contribution in [1.29, 1.82) is 0 Å². The zero-order valence-corrected chi connectivity index (χ0v) is 14.0. The van der Waals surface area contributed by atoms with Crippen LogP contribution in [0, 0.1) is 0 Å². The van der Waals surface area contributed by atoms with Crippen LogP contribution in [0.15, 0.2) is 47.3 Å². The molecule has 1 atom stereocenters. The number of nitrogens with zero attached hydrogens (tertiary/aromatic N) is 3. The molecular formula is C16H21BrN4. The highest BCUT2D eigenvalue weighted by Gasteiger charge is 2.18. The van der Waals surface area contributed by atoms with Crippen LogP contribution in [0.5, 0.6) is 0 Å². The van der Waals surface area contributed by atoms with Crippen LogP contribution in [0.2, 0.25) is 0 Å². The average Bonchev–Trinajstić information content (AvgIpc) is 2.54. The van der Waals surface area contributed by atoms with E-state index in [9.17, 15) is 0 Å². The average molecular weight is 349 g/mol. The van der Waals surface area contributed by atoms with Gasteiger partial charge in [0.1, 0.15) is 12.1 Å². The maximum Gasteiger partial charge on any atom is 0.143 e. The molecule has 0 aliphatic heterocycles. The number of benzene rings is 1. The van der Waals surface area contributed by atoms with Crippen LogP contribution in [-0.4, -0.2) is 34.5 Å². The summed E-state index contributed by atoms with van der Waals surface area (Å²) in [6, 6.07) is 10.9. The second-order valence-corrected chi connectivity index (χ2v) is 5.60. The van der Waals surface area contributed by atoms with Crippen LogP contribution in [0.25, 0.3) is 0 Å². The highest BCUT2D eigenvalue weighted by molar-refractivity contribution is 9.10. The van der Waals surface area contributed by atoms with Crippen LogP contribution >= 0.6 is 15.9 Å². The monoisotopic (exact) mass is 348 g/mol. The first-order valence-corrected chi connectivity index (χ1v) is 8.03. The quantitative estimate of drug-likeness (QED) is 0.827. The lowest BCUT2D eigenvalue weighted by molar-refractivity contribution is 0.228. The number of likely N-dealkylation sites (N-methyl/N-ethyl adjacent to an activating group) is 1. The molecule has 112 valence electrons. The molecule has 21 heavy (non-hydrogen) atoms. The van der Waals surface area contributed by atoms with Gasteiger partial charge in [-0.2, -0.15) is 0 Å². The predicted molar refractivity (Wildman–Crippen MR) is 90.3 cm³/mol. The Morgan fingerprint density at radius 1 is 1.19 bits per heavy atom. The third-order valence-corrected chi connectivity index (χ3v) is 4.15. The lowest BCUT2D eigenvalue weighted by Crippen LogP contribution is -2.33. The summed E-state index contributed by atoms with van der Waals surface area (Å²) in [5.74, 6) is 0.832. The molecule has 5 heteroatoms. The summed E-state index contributed by atoms with van der Waals surface area (Å²) in [7, 11) is 0. The lowest BCUT2D eigenvalue weighted by Gasteiger charge is -2.30. The first-order chi connectivity index (χ1) is 10.3. The molecule has 4 nitrogen and oxygen atoms in total. The van der Waals surface area contributed by atoms with E-state index in [2.05, 4.69) is 80.3 Å². The van der Waals surface area contributed by atoms with Crippen molar-refractivity contribution in [2.45, 2.75) is 19.9 Å². The van der Waals surface area contributed by atoms with E-state index in [-0.39, 0.29) is 0 Å². The molecular weight excluding hydrogens is 328 g/mol. The van der Waals surface area contributed by atoms with Crippen LogP contribution in [-0.2, 0) is 0 Å². The Labute approximate surface area is 134 Å². The van der Waals surface area contributed by atoms with E-state index in [4.69, 9.17) is 0 Å². The summed E-state index contributed by atoms with van der Waals surface area (Å²) in [6.07, 6.45) is 3.31. The Bertz CT molecular complexity index is 543. The number of aromatic nitrogens is 2. The molecule has 0 bridgehead atoms. The minimum absolute atomic E-state index is 0.322. The molecule has 1 N–H and O–H groups in total. The van der Waals surface area contributed by atoms with Gasteiger partial charge >= 0.3 is 0 Å². The molecule has 1 aromatic heterocycles. The van der Waals surface area contributed by atoms with Gasteiger partial charge in [-0.1, -0.05) is 44.2 Å². The molecule has 1 aromatic carbocycles. The highest BCUT2D eigenvalue weighted by atomic mass is 79.9. The minimum atomic E-state index is 0.322. The number of halogens is 1. The Balaban J connectivity index is 2.15. The van der Waals surface area contributed by atoms with Crippen molar-refractivity contribution in [3.05, 3.63) is 52.9 Å². The van der Waals surface area contributed by atoms with Gasteiger partial charge in [0, 0.05) is 12.7 Å². The van der Waals surface area contributed by atoms with Crippen molar-refractivity contribution >= 4 is 21.7 Å².